The molecule has 27 heavy (non-hydrogen) atoms. The van der Waals surface area contributed by atoms with Gasteiger partial charge in [0.15, 0.2) is 0 Å². The molecule has 144 valence electrons. The van der Waals surface area contributed by atoms with E-state index in [-0.39, 0.29) is 24.3 Å². The van der Waals surface area contributed by atoms with E-state index in [1.807, 2.05) is 0 Å². The second-order valence-electron chi connectivity index (χ2n) is 5.56. The van der Waals surface area contributed by atoms with Gasteiger partial charge >= 0.3 is 0 Å². The second-order valence-corrected chi connectivity index (χ2v) is 5.56. The highest BCUT2D eigenvalue weighted by Gasteiger charge is 2.20. The molecule has 6 nitrogen and oxygen atoms in total. The summed E-state index contributed by atoms with van der Waals surface area (Å²) in [7, 11) is 2.86. The molecule has 0 aromatic heterocycles. The zero-order chi connectivity index (χ0) is 20.0. The Morgan fingerprint density at radius 3 is 2.22 bits per heavy atom. The minimum Gasteiger partial charge on any atom is -0.496 e. The number of halogens is 2. The monoisotopic (exact) mass is 378 g/mol. The van der Waals surface area contributed by atoms with Crippen molar-refractivity contribution in [3.63, 3.8) is 0 Å². The lowest BCUT2D eigenvalue weighted by atomic mass is 10.1. The predicted octanol–water partition coefficient (Wildman–Crippen LogP) is 2.76. The number of ether oxygens (including phenoxy) is 2. The van der Waals surface area contributed by atoms with Gasteiger partial charge in [0.2, 0.25) is 5.91 Å². The van der Waals surface area contributed by atoms with Gasteiger partial charge in [-0.2, -0.15) is 0 Å². The van der Waals surface area contributed by atoms with E-state index in [0.29, 0.717) is 17.6 Å². The molecule has 0 bridgehead atoms. The molecule has 0 atom stereocenters. The number of carbonyl (C=O) groups is 2. The lowest BCUT2D eigenvalue weighted by molar-refractivity contribution is -0.116. The van der Waals surface area contributed by atoms with E-state index in [9.17, 15) is 18.4 Å². The van der Waals surface area contributed by atoms with Crippen LogP contribution in [0.4, 0.5) is 14.5 Å². The molecular weight excluding hydrogens is 358 g/mol. The molecule has 2 amide bonds. The first-order valence-corrected chi connectivity index (χ1v) is 8.11. The van der Waals surface area contributed by atoms with Gasteiger partial charge in [-0.15, -0.1) is 0 Å². The van der Waals surface area contributed by atoms with Gasteiger partial charge in [0.1, 0.15) is 28.7 Å². The standard InChI is InChI=1S/C19H20F2N2O4/c1-12(24)23(15-8-7-13(20)11-14(15)21)10-9-22-19(25)18-16(26-2)5-4-6-17(18)27-3/h4-8,11H,9-10H2,1-3H3,(H,22,25). The van der Waals surface area contributed by atoms with Crippen LogP contribution in [0.25, 0.3) is 0 Å². The van der Waals surface area contributed by atoms with Crippen LogP contribution in [0.15, 0.2) is 36.4 Å². The van der Waals surface area contributed by atoms with Crippen LogP contribution < -0.4 is 19.7 Å². The fraction of sp³-hybridized carbons (Fsp3) is 0.263. The Balaban J connectivity index is 2.12. The summed E-state index contributed by atoms with van der Waals surface area (Å²) in [6.45, 7) is 1.30. The zero-order valence-electron chi connectivity index (χ0n) is 15.2. The number of rotatable bonds is 7. The molecule has 0 heterocycles. The average Bonchev–Trinajstić information content (AvgIpc) is 2.64. The molecule has 1 N–H and O–H groups in total. The van der Waals surface area contributed by atoms with Crippen molar-refractivity contribution in [2.75, 3.05) is 32.2 Å². The second kappa shape index (κ2) is 8.98. The van der Waals surface area contributed by atoms with Crippen LogP contribution >= 0.6 is 0 Å². The summed E-state index contributed by atoms with van der Waals surface area (Å²) in [5, 5.41) is 2.64. The van der Waals surface area contributed by atoms with Crippen LogP contribution in [-0.4, -0.2) is 39.1 Å². The van der Waals surface area contributed by atoms with Gasteiger partial charge in [0, 0.05) is 26.1 Å². The SMILES string of the molecule is COc1cccc(OC)c1C(=O)NCCN(C(C)=O)c1ccc(F)cc1F. The Hall–Kier alpha value is -3.16. The average molecular weight is 378 g/mol. The molecule has 0 spiro atoms. The maximum absolute atomic E-state index is 14.0. The van der Waals surface area contributed by atoms with Crippen LogP contribution in [0, 0.1) is 11.6 Å². The third-order valence-electron chi connectivity index (χ3n) is 3.86. The molecule has 0 unspecified atom stereocenters. The van der Waals surface area contributed by atoms with E-state index >= 15 is 0 Å². The third-order valence-corrected chi connectivity index (χ3v) is 3.86. The molecule has 2 aromatic carbocycles. The number of benzene rings is 2. The van der Waals surface area contributed by atoms with Gasteiger partial charge in [0.25, 0.3) is 5.91 Å². The zero-order valence-corrected chi connectivity index (χ0v) is 15.2. The number of anilines is 1. The molecule has 0 fully saturated rings. The maximum atomic E-state index is 14.0. The van der Waals surface area contributed by atoms with Gasteiger partial charge in [0.05, 0.1) is 19.9 Å². The Morgan fingerprint density at radius 1 is 1.07 bits per heavy atom. The van der Waals surface area contributed by atoms with Crippen molar-refractivity contribution in [2.45, 2.75) is 6.92 Å². The third kappa shape index (κ3) is 4.72. The van der Waals surface area contributed by atoms with Gasteiger partial charge < -0.3 is 19.7 Å². The van der Waals surface area contributed by atoms with Gasteiger partial charge in [-0.1, -0.05) is 6.07 Å². The fourth-order valence-electron chi connectivity index (χ4n) is 2.59. The van der Waals surface area contributed by atoms with E-state index in [0.717, 1.165) is 11.0 Å². The first-order valence-electron chi connectivity index (χ1n) is 8.11. The van der Waals surface area contributed by atoms with Crippen LogP contribution in [0.3, 0.4) is 0 Å². The summed E-state index contributed by atoms with van der Waals surface area (Å²) in [6, 6.07) is 7.86. The summed E-state index contributed by atoms with van der Waals surface area (Å²) in [4.78, 5) is 25.5. The van der Waals surface area contributed by atoms with Crippen LogP contribution in [-0.2, 0) is 4.79 Å². The topological polar surface area (TPSA) is 67.9 Å². The molecule has 8 heteroatoms. The minimum absolute atomic E-state index is 0.00108. The predicted molar refractivity (Wildman–Crippen MR) is 96.3 cm³/mol. The number of methoxy groups -OCH3 is 2. The molecule has 0 saturated heterocycles. The minimum atomic E-state index is -0.858. The van der Waals surface area contributed by atoms with Crippen LogP contribution in [0.5, 0.6) is 11.5 Å². The molecule has 2 aromatic rings. The summed E-state index contributed by atoms with van der Waals surface area (Å²) >= 11 is 0. The highest BCUT2D eigenvalue weighted by molar-refractivity contribution is 6.00. The molecule has 0 saturated carbocycles. The molecule has 0 aliphatic heterocycles. The summed E-state index contributed by atoms with van der Waals surface area (Å²) < 4.78 is 37.4. The first-order chi connectivity index (χ1) is 12.9. The Bertz CT molecular complexity index is 820. The van der Waals surface area contributed by atoms with E-state index in [4.69, 9.17) is 9.47 Å². The highest BCUT2D eigenvalue weighted by Crippen LogP contribution is 2.28. The van der Waals surface area contributed by atoms with Crippen molar-refractivity contribution in [3.8, 4) is 11.5 Å². The number of nitrogens with zero attached hydrogens (tertiary/aromatic N) is 1. The van der Waals surface area contributed by atoms with Gasteiger partial charge in [-0.25, -0.2) is 8.78 Å². The number of amides is 2. The molecule has 0 aliphatic rings. The van der Waals surface area contributed by atoms with E-state index < -0.39 is 23.4 Å². The van der Waals surface area contributed by atoms with Crippen LogP contribution in [0.2, 0.25) is 0 Å². The smallest absolute Gasteiger partial charge is 0.258 e. The normalized spacial score (nSPS) is 10.3. The summed E-state index contributed by atoms with van der Waals surface area (Å²) in [6.07, 6.45) is 0. The lowest BCUT2D eigenvalue weighted by Crippen LogP contribution is -2.38. The molecular formula is C19H20F2N2O4. The van der Waals surface area contributed by atoms with E-state index in [1.165, 1.54) is 27.2 Å². The van der Waals surface area contributed by atoms with Crippen molar-refractivity contribution in [1.29, 1.82) is 0 Å². The van der Waals surface area contributed by atoms with Crippen molar-refractivity contribution in [2.24, 2.45) is 0 Å². The fourth-order valence-corrected chi connectivity index (χ4v) is 2.59. The van der Waals surface area contributed by atoms with E-state index in [2.05, 4.69) is 5.32 Å². The molecule has 2 rings (SSSR count). The lowest BCUT2D eigenvalue weighted by Gasteiger charge is -2.22. The maximum Gasteiger partial charge on any atom is 0.258 e. The number of nitrogens with one attached hydrogen (secondary N) is 1. The Labute approximate surface area is 155 Å². The van der Waals surface area contributed by atoms with E-state index in [1.54, 1.807) is 18.2 Å². The number of hydrogen-bond acceptors (Lipinski definition) is 4. The highest BCUT2D eigenvalue weighted by atomic mass is 19.1. The van der Waals surface area contributed by atoms with Crippen molar-refractivity contribution in [1.82, 2.24) is 5.32 Å². The Kier molecular flexibility index (Phi) is 6.70. The van der Waals surface area contributed by atoms with Crippen molar-refractivity contribution >= 4 is 17.5 Å². The summed E-state index contributed by atoms with van der Waals surface area (Å²) in [5.41, 5.74) is 0.151. The number of carbonyl (C=O) groups excluding carboxylic acids is 2. The first kappa shape index (κ1) is 20.2. The number of hydrogen-bond donors (Lipinski definition) is 1. The quantitative estimate of drug-likeness (QED) is 0.805. The molecule has 0 radical (unpaired) electrons. The van der Waals surface area contributed by atoms with Crippen LogP contribution in [0.1, 0.15) is 17.3 Å². The largest absolute Gasteiger partial charge is 0.496 e. The Morgan fingerprint density at radius 2 is 1.70 bits per heavy atom. The molecule has 0 aliphatic carbocycles. The van der Waals surface area contributed by atoms with Gasteiger partial charge in [-0.05, 0) is 24.3 Å². The van der Waals surface area contributed by atoms with Gasteiger partial charge in [-0.3, -0.25) is 9.59 Å². The summed E-state index contributed by atoms with van der Waals surface area (Å²) in [5.74, 6) is -1.84. The van der Waals surface area contributed by atoms with Crippen molar-refractivity contribution < 1.29 is 27.8 Å². The van der Waals surface area contributed by atoms with Crippen molar-refractivity contribution in [3.05, 3.63) is 53.6 Å².